The molecular formula is C27H23NO6. The van der Waals surface area contributed by atoms with Gasteiger partial charge in [0.05, 0.1) is 0 Å². The van der Waals surface area contributed by atoms with Gasteiger partial charge in [0.1, 0.15) is 22.6 Å². The van der Waals surface area contributed by atoms with E-state index in [2.05, 4.69) is 5.32 Å². The maximum atomic E-state index is 12.2. The maximum Gasteiger partial charge on any atom is 0.349 e. The molecule has 0 unspecified atom stereocenters. The highest BCUT2D eigenvalue weighted by atomic mass is 16.6. The van der Waals surface area contributed by atoms with Crippen LogP contribution in [0.2, 0.25) is 0 Å². The van der Waals surface area contributed by atoms with Gasteiger partial charge in [0.15, 0.2) is 6.61 Å². The largest absolute Gasteiger partial charge is 0.482 e. The molecule has 7 nitrogen and oxygen atoms in total. The van der Waals surface area contributed by atoms with Crippen LogP contribution in [0.4, 0.5) is 0 Å². The second kappa shape index (κ2) is 10.0. The molecular weight excluding hydrogens is 434 g/mol. The summed E-state index contributed by atoms with van der Waals surface area (Å²) < 4.78 is 16.1. The summed E-state index contributed by atoms with van der Waals surface area (Å²) in [4.78, 5) is 36.6. The Morgan fingerprint density at radius 3 is 2.26 bits per heavy atom. The van der Waals surface area contributed by atoms with Crippen molar-refractivity contribution in [3.63, 3.8) is 0 Å². The van der Waals surface area contributed by atoms with Crippen LogP contribution >= 0.6 is 0 Å². The molecule has 34 heavy (non-hydrogen) atoms. The van der Waals surface area contributed by atoms with Crippen molar-refractivity contribution in [2.24, 2.45) is 0 Å². The van der Waals surface area contributed by atoms with Gasteiger partial charge in [0.2, 0.25) is 0 Å². The van der Waals surface area contributed by atoms with Crippen LogP contribution in [0.1, 0.15) is 24.2 Å². The molecule has 0 aliphatic heterocycles. The fraction of sp³-hybridized carbons (Fsp3) is 0.148. The van der Waals surface area contributed by atoms with E-state index in [4.69, 9.17) is 13.9 Å². The first-order chi connectivity index (χ1) is 16.4. The molecule has 1 N–H and O–H groups in total. The highest BCUT2D eigenvalue weighted by molar-refractivity contribution is 5.97. The zero-order chi connectivity index (χ0) is 24.1. The molecule has 0 bridgehead atoms. The van der Waals surface area contributed by atoms with Crippen molar-refractivity contribution in [3.05, 3.63) is 94.8 Å². The van der Waals surface area contributed by atoms with Crippen molar-refractivity contribution >= 4 is 22.8 Å². The van der Waals surface area contributed by atoms with Gasteiger partial charge in [-0.25, -0.2) is 9.59 Å². The summed E-state index contributed by atoms with van der Waals surface area (Å²) in [5.41, 5.74) is 1.48. The third kappa shape index (κ3) is 5.50. The van der Waals surface area contributed by atoms with Crippen molar-refractivity contribution in [1.82, 2.24) is 5.32 Å². The highest BCUT2D eigenvalue weighted by Gasteiger charge is 2.15. The Hall–Kier alpha value is -4.39. The van der Waals surface area contributed by atoms with Gasteiger partial charge in [-0.1, -0.05) is 42.5 Å². The minimum absolute atomic E-state index is 0.0855. The average Bonchev–Trinajstić information content (AvgIpc) is 2.82. The Kier molecular flexibility index (Phi) is 6.73. The number of benzene rings is 3. The molecule has 0 radical (unpaired) electrons. The van der Waals surface area contributed by atoms with Crippen LogP contribution in [-0.4, -0.2) is 24.5 Å². The number of amides is 1. The first kappa shape index (κ1) is 22.8. The molecule has 1 aromatic heterocycles. The van der Waals surface area contributed by atoms with E-state index in [0.29, 0.717) is 11.1 Å². The lowest BCUT2D eigenvalue weighted by Crippen LogP contribution is -2.33. The number of ether oxygens (including phenoxy) is 2. The number of carbonyl (C=O) groups is 2. The number of esters is 1. The number of hydrogen-bond acceptors (Lipinski definition) is 6. The molecule has 7 heteroatoms. The minimum Gasteiger partial charge on any atom is -0.482 e. The monoisotopic (exact) mass is 457 g/mol. The molecule has 0 spiro atoms. The molecule has 0 saturated carbocycles. The zero-order valence-electron chi connectivity index (χ0n) is 18.7. The van der Waals surface area contributed by atoms with Gasteiger partial charge in [0, 0.05) is 17.5 Å². The van der Waals surface area contributed by atoms with Crippen molar-refractivity contribution in [2.45, 2.75) is 19.9 Å². The van der Waals surface area contributed by atoms with Crippen LogP contribution in [0.5, 0.6) is 11.5 Å². The summed E-state index contributed by atoms with van der Waals surface area (Å²) >= 11 is 0. The second-order valence-electron chi connectivity index (χ2n) is 7.93. The van der Waals surface area contributed by atoms with Gasteiger partial charge in [-0.2, -0.15) is 0 Å². The summed E-state index contributed by atoms with van der Waals surface area (Å²) in [7, 11) is 0. The molecule has 172 valence electrons. The SMILES string of the molecule is CC(C)NC(=O)c1cc2ccc(OC(=O)COc3ccc(-c4ccccc4)cc3)cc2oc1=O. The van der Waals surface area contributed by atoms with Gasteiger partial charge in [-0.05, 0) is 55.3 Å². The van der Waals surface area contributed by atoms with E-state index >= 15 is 0 Å². The molecule has 0 fully saturated rings. The number of carbonyl (C=O) groups excluding carboxylic acids is 2. The van der Waals surface area contributed by atoms with Crippen molar-refractivity contribution < 1.29 is 23.5 Å². The quantitative estimate of drug-likeness (QED) is 0.248. The number of nitrogens with one attached hydrogen (secondary N) is 1. The van der Waals surface area contributed by atoms with Crippen molar-refractivity contribution in [2.75, 3.05) is 6.61 Å². The molecule has 4 aromatic rings. The van der Waals surface area contributed by atoms with Gasteiger partial charge >= 0.3 is 11.6 Å². The Morgan fingerprint density at radius 1 is 0.882 bits per heavy atom. The lowest BCUT2D eigenvalue weighted by molar-refractivity contribution is -0.136. The molecule has 1 amide bonds. The summed E-state index contributed by atoms with van der Waals surface area (Å²) in [5.74, 6) is -0.381. The topological polar surface area (TPSA) is 94.8 Å². The number of fused-ring (bicyclic) bond motifs is 1. The van der Waals surface area contributed by atoms with Crippen LogP contribution in [0.25, 0.3) is 22.1 Å². The lowest BCUT2D eigenvalue weighted by Gasteiger charge is -2.09. The van der Waals surface area contributed by atoms with E-state index in [0.717, 1.165) is 11.1 Å². The molecule has 3 aromatic carbocycles. The third-order valence-corrected chi connectivity index (χ3v) is 4.92. The Labute approximate surface area is 195 Å². The minimum atomic E-state index is -0.767. The van der Waals surface area contributed by atoms with Gasteiger partial charge in [-0.15, -0.1) is 0 Å². The predicted octanol–water partition coefficient (Wildman–Crippen LogP) is 4.58. The van der Waals surface area contributed by atoms with Crippen LogP contribution in [0, 0.1) is 0 Å². The summed E-state index contributed by atoms with van der Waals surface area (Å²) in [5, 5.41) is 3.19. The Morgan fingerprint density at radius 2 is 1.56 bits per heavy atom. The average molecular weight is 457 g/mol. The van der Waals surface area contributed by atoms with Crippen molar-refractivity contribution in [1.29, 1.82) is 0 Å². The van der Waals surface area contributed by atoms with E-state index in [1.807, 2.05) is 42.5 Å². The van der Waals surface area contributed by atoms with Gasteiger partial charge in [0.25, 0.3) is 5.91 Å². The molecule has 4 rings (SSSR count). The van der Waals surface area contributed by atoms with E-state index < -0.39 is 17.5 Å². The normalized spacial score (nSPS) is 10.8. The van der Waals surface area contributed by atoms with E-state index in [-0.39, 0.29) is 29.5 Å². The van der Waals surface area contributed by atoms with E-state index in [1.165, 1.54) is 12.1 Å². The number of hydrogen-bond donors (Lipinski definition) is 1. The van der Waals surface area contributed by atoms with Gasteiger partial charge < -0.3 is 19.2 Å². The summed E-state index contributed by atoms with van der Waals surface area (Å²) in [6.45, 7) is 3.30. The summed E-state index contributed by atoms with van der Waals surface area (Å²) in [6.07, 6.45) is 0. The molecule has 0 aliphatic carbocycles. The smallest absolute Gasteiger partial charge is 0.349 e. The molecule has 0 saturated heterocycles. The third-order valence-electron chi connectivity index (χ3n) is 4.92. The van der Waals surface area contributed by atoms with Gasteiger partial charge in [-0.3, -0.25) is 4.79 Å². The molecule has 1 heterocycles. The fourth-order valence-electron chi connectivity index (χ4n) is 3.33. The highest BCUT2D eigenvalue weighted by Crippen LogP contribution is 2.23. The van der Waals surface area contributed by atoms with Crippen LogP contribution in [0.3, 0.4) is 0 Å². The van der Waals surface area contributed by atoms with Crippen LogP contribution in [0.15, 0.2) is 88.1 Å². The first-order valence-electron chi connectivity index (χ1n) is 10.8. The van der Waals surface area contributed by atoms with Crippen LogP contribution in [-0.2, 0) is 4.79 Å². The van der Waals surface area contributed by atoms with Crippen molar-refractivity contribution in [3.8, 4) is 22.6 Å². The second-order valence-corrected chi connectivity index (χ2v) is 7.93. The van der Waals surface area contributed by atoms with E-state index in [9.17, 15) is 14.4 Å². The Balaban J connectivity index is 1.39. The first-order valence-corrected chi connectivity index (χ1v) is 10.8. The molecule has 0 aliphatic rings. The fourth-order valence-corrected chi connectivity index (χ4v) is 3.33. The standard InChI is InChI=1S/C27H23NO6/c1-17(2)28-26(30)23-14-20-10-13-22(15-24(20)34-27(23)31)33-25(29)16-32-21-11-8-19(9-12-21)18-6-4-3-5-7-18/h3-15,17H,16H2,1-2H3,(H,28,30). The Bertz CT molecular complexity index is 1370. The van der Waals surface area contributed by atoms with E-state index in [1.54, 1.807) is 38.1 Å². The summed E-state index contributed by atoms with van der Waals surface area (Å²) in [6, 6.07) is 23.2. The predicted molar refractivity (Wildman–Crippen MR) is 128 cm³/mol. The maximum absolute atomic E-state index is 12.2. The molecule has 0 atom stereocenters. The lowest BCUT2D eigenvalue weighted by atomic mass is 10.1. The van der Waals surface area contributed by atoms with Crippen LogP contribution < -0.4 is 20.4 Å². The zero-order valence-corrected chi connectivity index (χ0v) is 18.7. The number of rotatable bonds is 7.